The molecule has 10 heteroatoms. The summed E-state index contributed by atoms with van der Waals surface area (Å²) in [4.78, 5) is 26.4. The standard InChI is InChI=1S/C19H24N4O4S2/c1-20-19(25)21-18(24)17(14-6-3-2-4-7-14)23-11-9-15(10-12-23)22-29(26,27)16-8-5-13-28-16/h2-8,13,15,17,22H,9-12H2,1H3,(H2,20,21,24,25)/t17-/m0/s1. The van der Waals surface area contributed by atoms with Crippen LogP contribution < -0.4 is 15.4 Å². The summed E-state index contributed by atoms with van der Waals surface area (Å²) in [7, 11) is -2.07. The maximum Gasteiger partial charge on any atom is 0.321 e. The third-order valence-corrected chi connectivity index (χ3v) is 7.72. The number of nitrogens with zero attached hydrogens (tertiary/aromatic N) is 1. The van der Waals surface area contributed by atoms with Gasteiger partial charge in [-0.25, -0.2) is 17.9 Å². The van der Waals surface area contributed by atoms with E-state index in [-0.39, 0.29) is 6.04 Å². The van der Waals surface area contributed by atoms with Gasteiger partial charge in [-0.2, -0.15) is 0 Å². The molecule has 29 heavy (non-hydrogen) atoms. The van der Waals surface area contributed by atoms with Crippen molar-refractivity contribution in [3.05, 3.63) is 53.4 Å². The van der Waals surface area contributed by atoms with Gasteiger partial charge in [-0.1, -0.05) is 36.4 Å². The number of urea groups is 1. The molecule has 0 aliphatic carbocycles. The first-order valence-electron chi connectivity index (χ1n) is 9.28. The quantitative estimate of drug-likeness (QED) is 0.639. The second kappa shape index (κ2) is 9.49. The molecule has 156 valence electrons. The average molecular weight is 437 g/mol. The minimum atomic E-state index is -3.52. The summed E-state index contributed by atoms with van der Waals surface area (Å²) in [5.74, 6) is -0.409. The summed E-state index contributed by atoms with van der Waals surface area (Å²) in [5, 5.41) is 6.47. The molecule has 8 nitrogen and oxygen atoms in total. The molecule has 0 spiro atoms. The van der Waals surface area contributed by atoms with Crippen LogP contribution in [0.3, 0.4) is 0 Å². The SMILES string of the molecule is CNC(=O)NC(=O)[C@H](c1ccccc1)N1CCC(NS(=O)(=O)c2cccs2)CC1. The highest BCUT2D eigenvalue weighted by Crippen LogP contribution is 2.26. The number of nitrogens with one attached hydrogen (secondary N) is 3. The fraction of sp³-hybridized carbons (Fsp3) is 0.368. The van der Waals surface area contributed by atoms with E-state index < -0.39 is 28.0 Å². The maximum atomic E-state index is 12.8. The summed E-state index contributed by atoms with van der Waals surface area (Å²) < 4.78 is 27.9. The van der Waals surface area contributed by atoms with Gasteiger partial charge >= 0.3 is 6.03 Å². The summed E-state index contributed by atoms with van der Waals surface area (Å²) in [6.45, 7) is 1.05. The number of benzene rings is 1. The van der Waals surface area contributed by atoms with Gasteiger partial charge in [-0.15, -0.1) is 11.3 Å². The third kappa shape index (κ3) is 5.41. The second-order valence-electron chi connectivity index (χ2n) is 6.75. The molecule has 1 aliphatic heterocycles. The van der Waals surface area contributed by atoms with Gasteiger partial charge in [0.25, 0.3) is 0 Å². The Morgan fingerprint density at radius 1 is 1.10 bits per heavy atom. The molecule has 3 amide bonds. The number of likely N-dealkylation sites (tertiary alicyclic amines) is 1. The van der Waals surface area contributed by atoms with Crippen LogP contribution in [0, 0.1) is 0 Å². The average Bonchev–Trinajstić information content (AvgIpc) is 3.26. The topological polar surface area (TPSA) is 108 Å². The van der Waals surface area contributed by atoms with Crippen molar-refractivity contribution < 1.29 is 18.0 Å². The van der Waals surface area contributed by atoms with Crippen molar-refractivity contribution in [1.29, 1.82) is 0 Å². The fourth-order valence-corrected chi connectivity index (χ4v) is 5.69. The first kappa shape index (κ1) is 21.4. The number of carbonyl (C=O) groups excluding carboxylic acids is 2. The van der Waals surface area contributed by atoms with Gasteiger partial charge in [0.1, 0.15) is 10.3 Å². The summed E-state index contributed by atoms with van der Waals surface area (Å²) >= 11 is 1.18. The molecular weight excluding hydrogens is 412 g/mol. The van der Waals surface area contributed by atoms with Gasteiger partial charge in [0.15, 0.2) is 0 Å². The maximum absolute atomic E-state index is 12.8. The number of piperidine rings is 1. The Labute approximate surface area is 174 Å². The Morgan fingerprint density at radius 3 is 2.38 bits per heavy atom. The molecule has 0 radical (unpaired) electrons. The van der Waals surface area contributed by atoms with Gasteiger partial charge in [-0.3, -0.25) is 15.0 Å². The van der Waals surface area contributed by atoms with E-state index in [4.69, 9.17) is 0 Å². The number of hydrogen-bond acceptors (Lipinski definition) is 6. The van der Waals surface area contributed by atoms with E-state index in [1.807, 2.05) is 35.2 Å². The van der Waals surface area contributed by atoms with Crippen molar-refractivity contribution in [2.75, 3.05) is 20.1 Å². The highest BCUT2D eigenvalue weighted by Gasteiger charge is 2.33. The van der Waals surface area contributed by atoms with E-state index in [1.165, 1.54) is 18.4 Å². The van der Waals surface area contributed by atoms with Crippen molar-refractivity contribution in [1.82, 2.24) is 20.3 Å². The van der Waals surface area contributed by atoms with Crippen LogP contribution in [0.4, 0.5) is 4.79 Å². The van der Waals surface area contributed by atoms with E-state index in [0.29, 0.717) is 30.1 Å². The zero-order valence-electron chi connectivity index (χ0n) is 16.0. The lowest BCUT2D eigenvalue weighted by atomic mass is 9.99. The molecule has 0 saturated carbocycles. The molecule has 1 aromatic heterocycles. The Morgan fingerprint density at radius 2 is 1.79 bits per heavy atom. The summed E-state index contributed by atoms with van der Waals surface area (Å²) in [6, 6.07) is 11.2. The molecule has 0 bridgehead atoms. The Kier molecular flexibility index (Phi) is 7.01. The minimum absolute atomic E-state index is 0.197. The van der Waals surface area contributed by atoms with Gasteiger partial charge in [0, 0.05) is 26.2 Å². The number of sulfonamides is 1. The van der Waals surface area contributed by atoms with E-state index in [9.17, 15) is 18.0 Å². The van der Waals surface area contributed by atoms with Crippen molar-refractivity contribution >= 4 is 33.3 Å². The number of thiophene rings is 1. The predicted octanol–water partition coefficient (Wildman–Crippen LogP) is 1.69. The molecule has 1 atom stereocenters. The van der Waals surface area contributed by atoms with Crippen molar-refractivity contribution in [3.8, 4) is 0 Å². The predicted molar refractivity (Wildman–Crippen MR) is 111 cm³/mol. The lowest BCUT2D eigenvalue weighted by Crippen LogP contribution is -2.50. The molecule has 1 fully saturated rings. The van der Waals surface area contributed by atoms with Crippen LogP contribution >= 0.6 is 11.3 Å². The highest BCUT2D eigenvalue weighted by atomic mass is 32.2. The molecule has 1 aliphatic rings. The molecule has 0 unspecified atom stereocenters. The largest absolute Gasteiger partial charge is 0.341 e. The van der Waals surface area contributed by atoms with E-state index in [0.717, 1.165) is 5.56 Å². The van der Waals surface area contributed by atoms with Crippen LogP contribution in [-0.2, 0) is 14.8 Å². The van der Waals surface area contributed by atoms with Gasteiger partial charge in [0.2, 0.25) is 15.9 Å². The molecule has 1 aromatic carbocycles. The zero-order chi connectivity index (χ0) is 20.9. The monoisotopic (exact) mass is 436 g/mol. The van der Waals surface area contributed by atoms with Gasteiger partial charge in [0.05, 0.1) is 0 Å². The Hall–Kier alpha value is -2.27. The third-order valence-electron chi connectivity index (χ3n) is 4.80. The van der Waals surface area contributed by atoms with E-state index in [2.05, 4.69) is 15.4 Å². The van der Waals surface area contributed by atoms with Crippen molar-refractivity contribution in [3.63, 3.8) is 0 Å². The van der Waals surface area contributed by atoms with Gasteiger partial charge in [-0.05, 0) is 29.9 Å². The lowest BCUT2D eigenvalue weighted by molar-refractivity contribution is -0.126. The molecule has 1 saturated heterocycles. The molecular formula is C19H24N4O4S2. The number of hydrogen-bond donors (Lipinski definition) is 3. The normalized spacial score (nSPS) is 16.9. The fourth-order valence-electron chi connectivity index (χ4n) is 3.38. The van der Waals surface area contributed by atoms with Crippen LogP contribution in [0.25, 0.3) is 0 Å². The molecule has 3 N–H and O–H groups in total. The number of carbonyl (C=O) groups is 2. The Balaban J connectivity index is 1.68. The van der Waals surface area contributed by atoms with E-state index >= 15 is 0 Å². The van der Waals surface area contributed by atoms with Crippen LogP contribution in [0.5, 0.6) is 0 Å². The molecule has 2 aromatic rings. The minimum Gasteiger partial charge on any atom is -0.341 e. The van der Waals surface area contributed by atoms with E-state index in [1.54, 1.807) is 17.5 Å². The van der Waals surface area contributed by atoms with Crippen molar-refractivity contribution in [2.24, 2.45) is 0 Å². The zero-order valence-corrected chi connectivity index (χ0v) is 17.6. The number of imide groups is 1. The first-order chi connectivity index (χ1) is 13.9. The molecule has 2 heterocycles. The van der Waals surface area contributed by atoms with Crippen LogP contribution in [0.1, 0.15) is 24.4 Å². The summed E-state index contributed by atoms with van der Waals surface area (Å²) in [5.41, 5.74) is 0.784. The van der Waals surface area contributed by atoms with Crippen LogP contribution in [0.15, 0.2) is 52.1 Å². The van der Waals surface area contributed by atoms with Crippen molar-refractivity contribution in [2.45, 2.75) is 29.1 Å². The first-order valence-corrected chi connectivity index (χ1v) is 11.6. The number of amides is 3. The van der Waals surface area contributed by atoms with Crippen LogP contribution in [0.2, 0.25) is 0 Å². The Bertz CT molecular complexity index is 924. The highest BCUT2D eigenvalue weighted by molar-refractivity contribution is 7.91. The van der Waals surface area contributed by atoms with Crippen LogP contribution in [-0.4, -0.2) is 51.4 Å². The second-order valence-corrected chi connectivity index (χ2v) is 9.63. The summed E-state index contributed by atoms with van der Waals surface area (Å²) in [6.07, 6.45) is 1.14. The molecule has 3 rings (SSSR count). The van der Waals surface area contributed by atoms with Gasteiger partial charge < -0.3 is 5.32 Å². The smallest absolute Gasteiger partial charge is 0.321 e. The lowest BCUT2D eigenvalue weighted by Gasteiger charge is -2.36. The number of rotatable bonds is 6.